The normalized spacial score (nSPS) is 8.91. The zero-order valence-corrected chi connectivity index (χ0v) is 33.5. The van der Waals surface area contributed by atoms with Crippen molar-refractivity contribution in [2.45, 2.75) is 66.7 Å². The van der Waals surface area contributed by atoms with Gasteiger partial charge >= 0.3 is 0 Å². The summed E-state index contributed by atoms with van der Waals surface area (Å²) in [5.74, 6) is 0. The fraction of sp³-hybridized carbons (Fsp3) is 0.227. The van der Waals surface area contributed by atoms with Crippen molar-refractivity contribution in [3.63, 3.8) is 0 Å². The quantitative estimate of drug-likeness (QED) is 0.177. The number of sulfonamides is 1. The van der Waals surface area contributed by atoms with Gasteiger partial charge in [-0.1, -0.05) is 120 Å². The molecule has 0 spiro atoms. The van der Waals surface area contributed by atoms with Gasteiger partial charge in [-0.05, 0) is 102 Å². The Kier molecular flexibility index (Phi) is 31.5. The highest BCUT2D eigenvalue weighted by molar-refractivity contribution is 7.92. The number of hydrogen-bond donors (Lipinski definition) is 2. The summed E-state index contributed by atoms with van der Waals surface area (Å²) in [5.41, 5.74) is 10.6. The van der Waals surface area contributed by atoms with E-state index in [0.717, 1.165) is 24.1 Å². The molecule has 9 heteroatoms. The van der Waals surface area contributed by atoms with Gasteiger partial charge in [0.05, 0.1) is 4.90 Å². The van der Waals surface area contributed by atoms with Crippen molar-refractivity contribution >= 4 is 48.6 Å². The summed E-state index contributed by atoms with van der Waals surface area (Å²) < 4.78 is 27.0. The lowest BCUT2D eigenvalue weighted by Gasteiger charge is -2.09. The fourth-order valence-electron chi connectivity index (χ4n) is 4.02. The molecule has 5 aromatic carbocycles. The van der Waals surface area contributed by atoms with E-state index in [9.17, 15) is 8.42 Å². The second-order valence-corrected chi connectivity index (χ2v) is 12.9. The molecule has 0 aromatic heterocycles. The molecule has 0 aliphatic carbocycles. The highest BCUT2D eigenvalue weighted by Gasteiger charge is 2.13. The molecule has 0 fully saturated rings. The monoisotopic (exact) mass is 742 g/mol. The van der Waals surface area contributed by atoms with Crippen LogP contribution in [-0.4, -0.2) is 42.1 Å². The van der Waals surface area contributed by atoms with E-state index in [1.807, 2.05) is 59.2 Å². The molecule has 0 radical (unpaired) electrons. The minimum absolute atomic E-state index is 0.278. The van der Waals surface area contributed by atoms with Crippen LogP contribution in [0.5, 0.6) is 0 Å². The van der Waals surface area contributed by atoms with Crippen LogP contribution in [0, 0.1) is 41.5 Å². The zero-order valence-electron chi connectivity index (χ0n) is 32.6. The molecule has 8 nitrogen and oxygen atoms in total. The minimum atomic E-state index is -3.51. The van der Waals surface area contributed by atoms with Gasteiger partial charge < -0.3 is 24.5 Å². The number of hydrogen-bond acceptors (Lipinski definition) is 7. The summed E-state index contributed by atoms with van der Waals surface area (Å²) in [5, 5.41) is 3.25. The van der Waals surface area contributed by atoms with E-state index >= 15 is 0 Å². The molecule has 2 N–H and O–H groups in total. The van der Waals surface area contributed by atoms with E-state index in [-0.39, 0.29) is 4.90 Å². The van der Waals surface area contributed by atoms with E-state index in [2.05, 4.69) is 124 Å². The van der Waals surface area contributed by atoms with Crippen molar-refractivity contribution in [1.82, 2.24) is 0 Å². The molecule has 53 heavy (non-hydrogen) atoms. The Morgan fingerprint density at radius 3 is 1.17 bits per heavy atom. The Bertz CT molecular complexity index is 1650. The zero-order chi connectivity index (χ0) is 41.2. The predicted octanol–water partition coefficient (Wildman–Crippen LogP) is 9.65. The molecule has 286 valence electrons. The highest BCUT2D eigenvalue weighted by Crippen LogP contribution is 2.18. The van der Waals surface area contributed by atoms with E-state index < -0.39 is 10.0 Å². The minimum Gasteiger partial charge on any atom is -0.385 e. The van der Waals surface area contributed by atoms with Gasteiger partial charge in [0.1, 0.15) is 27.2 Å². The molecule has 0 heterocycles. The number of benzene rings is 5. The molecule has 0 unspecified atom stereocenters. The van der Waals surface area contributed by atoms with Crippen molar-refractivity contribution < 1.29 is 27.6 Å². The summed E-state index contributed by atoms with van der Waals surface area (Å²) in [6.45, 7) is 25.5. The van der Waals surface area contributed by atoms with Crippen LogP contribution in [0.4, 0.5) is 11.4 Å². The first-order chi connectivity index (χ1) is 25.4. The molecule has 0 aliphatic heterocycles. The third kappa shape index (κ3) is 25.0. The summed E-state index contributed by atoms with van der Waals surface area (Å²) in [6.07, 6.45) is 0.875. The van der Waals surface area contributed by atoms with Crippen LogP contribution in [0.15, 0.2) is 126 Å². The average Bonchev–Trinajstić information content (AvgIpc) is 3.18. The van der Waals surface area contributed by atoms with E-state index in [1.54, 1.807) is 30.3 Å². The molecule has 5 rings (SSSR count). The molecule has 0 saturated heterocycles. The maximum atomic E-state index is 12.2. The predicted molar refractivity (Wildman–Crippen MR) is 223 cm³/mol. The van der Waals surface area contributed by atoms with Gasteiger partial charge in [0.25, 0.3) is 10.0 Å². The van der Waals surface area contributed by atoms with Crippen LogP contribution in [-0.2, 0) is 35.6 Å². The third-order valence-corrected chi connectivity index (χ3v) is 8.15. The Hall–Kier alpha value is -5.67. The van der Waals surface area contributed by atoms with E-state index in [4.69, 9.17) is 19.2 Å². The Morgan fingerprint density at radius 1 is 0.453 bits per heavy atom. The molecule has 0 saturated carbocycles. The van der Waals surface area contributed by atoms with Gasteiger partial charge in [0.2, 0.25) is 0 Å². The highest BCUT2D eigenvalue weighted by atomic mass is 32.2. The van der Waals surface area contributed by atoms with Crippen LogP contribution in [0.3, 0.4) is 0 Å². The summed E-state index contributed by atoms with van der Waals surface area (Å²) in [7, 11) is -3.51. The molecule has 0 bridgehead atoms. The molecule has 5 aromatic rings. The van der Waals surface area contributed by atoms with Gasteiger partial charge in [-0.3, -0.25) is 4.72 Å². The first-order valence-corrected chi connectivity index (χ1v) is 18.1. The summed E-state index contributed by atoms with van der Waals surface area (Å²) in [4.78, 5) is 32.3. The Labute approximate surface area is 318 Å². The van der Waals surface area contributed by atoms with E-state index in [1.165, 1.54) is 33.5 Å². The fourth-order valence-corrected chi connectivity index (χ4v) is 5.07. The van der Waals surface area contributed by atoms with Crippen LogP contribution < -0.4 is 10.0 Å². The van der Waals surface area contributed by atoms with Crippen molar-refractivity contribution in [2.75, 3.05) is 16.6 Å². The molecular formula is C44H58N2O6S. The standard InChI is InChI=1S/C15H17NO2S.C9H13N.2C8H10.4CH2O/c1-3-13-5-4-6-14(11-13)16-19(17,18)15-9-7-12(2)8-10-15;1-3-10-9-6-4-5-8(2)7-9;2*1-7-3-5-8(2)6-4-7;4*1-2/h4-11,16H,3H2,1-2H3;4-7,10H,3H2,1-2H3;2*3-6H,1-2H3;4*1H2. The van der Waals surface area contributed by atoms with Crippen molar-refractivity contribution in [2.24, 2.45) is 0 Å². The van der Waals surface area contributed by atoms with Gasteiger partial charge in [-0.15, -0.1) is 0 Å². The lowest BCUT2D eigenvalue weighted by Crippen LogP contribution is -2.12. The maximum absolute atomic E-state index is 12.2. The number of rotatable bonds is 6. The van der Waals surface area contributed by atoms with Gasteiger partial charge in [-0.25, -0.2) is 8.42 Å². The number of carbonyl (C=O) groups excluding carboxylic acids is 4. The topological polar surface area (TPSA) is 126 Å². The third-order valence-electron chi connectivity index (χ3n) is 6.75. The van der Waals surface area contributed by atoms with Gasteiger partial charge in [0.15, 0.2) is 0 Å². The van der Waals surface area contributed by atoms with Crippen LogP contribution in [0.25, 0.3) is 0 Å². The number of aryl methyl sites for hydroxylation is 7. The first kappa shape index (κ1) is 51.7. The Balaban J connectivity index is -0.000000627. The second kappa shape index (κ2) is 32.3. The molecule has 0 atom stereocenters. The van der Waals surface area contributed by atoms with Gasteiger partial charge in [0, 0.05) is 17.9 Å². The smallest absolute Gasteiger partial charge is 0.261 e. The number of carbonyl (C=O) groups is 4. The van der Waals surface area contributed by atoms with Crippen LogP contribution >= 0.6 is 0 Å². The lowest BCUT2D eigenvalue weighted by molar-refractivity contribution is -0.0987. The van der Waals surface area contributed by atoms with E-state index in [0.29, 0.717) is 5.69 Å². The summed E-state index contributed by atoms with van der Waals surface area (Å²) in [6, 6.07) is 39.6. The lowest BCUT2D eigenvalue weighted by atomic mass is 10.1. The van der Waals surface area contributed by atoms with Crippen LogP contribution in [0.1, 0.15) is 52.8 Å². The van der Waals surface area contributed by atoms with Gasteiger partial charge in [-0.2, -0.15) is 0 Å². The molecular weight excluding hydrogens is 685 g/mol. The van der Waals surface area contributed by atoms with Crippen LogP contribution in [0.2, 0.25) is 0 Å². The molecule has 0 aliphatic rings. The first-order valence-electron chi connectivity index (χ1n) is 16.6. The average molecular weight is 743 g/mol. The van der Waals surface area contributed by atoms with Crippen molar-refractivity contribution in [1.29, 1.82) is 0 Å². The number of anilines is 2. The summed E-state index contributed by atoms with van der Waals surface area (Å²) >= 11 is 0. The largest absolute Gasteiger partial charge is 0.385 e. The maximum Gasteiger partial charge on any atom is 0.261 e. The second-order valence-electron chi connectivity index (χ2n) is 11.2. The van der Waals surface area contributed by atoms with Crippen molar-refractivity contribution in [3.8, 4) is 0 Å². The Morgan fingerprint density at radius 2 is 0.811 bits per heavy atom. The van der Waals surface area contributed by atoms with Crippen molar-refractivity contribution in [3.05, 3.63) is 160 Å². The number of nitrogens with one attached hydrogen (secondary N) is 2. The molecule has 0 amide bonds. The SMILES string of the molecule is C=O.C=O.C=O.C=O.CCNc1cccc(C)c1.CCc1cccc(NS(=O)(=O)c2ccc(C)cc2)c1.Cc1ccc(C)cc1.Cc1ccc(C)cc1.